The van der Waals surface area contributed by atoms with E-state index in [4.69, 9.17) is 14.2 Å². The first kappa shape index (κ1) is 14.3. The predicted molar refractivity (Wildman–Crippen MR) is 74.7 cm³/mol. The zero-order valence-corrected chi connectivity index (χ0v) is 11.8. The molecule has 0 bridgehead atoms. The summed E-state index contributed by atoms with van der Waals surface area (Å²) in [4.78, 5) is 0. The van der Waals surface area contributed by atoms with Crippen LogP contribution < -0.4 is 0 Å². The van der Waals surface area contributed by atoms with Crippen LogP contribution in [0.3, 0.4) is 0 Å². The maximum absolute atomic E-state index is 5.85. The Hall–Kier alpha value is -1.16. The van der Waals surface area contributed by atoms with Crippen LogP contribution in [0, 0.1) is 0 Å². The molecule has 1 aliphatic heterocycles. The summed E-state index contributed by atoms with van der Waals surface area (Å²) in [5, 5.41) is 0. The van der Waals surface area contributed by atoms with E-state index in [-0.39, 0.29) is 12.2 Å². The SMILES string of the molecule is C/C=C\[C@H]1OC(C)(C)O[C@H]1COCc1ccccc1. The highest BCUT2D eigenvalue weighted by molar-refractivity contribution is 5.13. The smallest absolute Gasteiger partial charge is 0.164 e. The molecule has 0 aromatic heterocycles. The molecule has 2 atom stereocenters. The summed E-state index contributed by atoms with van der Waals surface area (Å²) in [6.45, 7) is 6.98. The lowest BCUT2D eigenvalue weighted by Crippen LogP contribution is -2.26. The highest BCUT2D eigenvalue weighted by Gasteiger charge is 2.39. The monoisotopic (exact) mass is 262 g/mol. The van der Waals surface area contributed by atoms with Gasteiger partial charge in [-0.3, -0.25) is 0 Å². The molecule has 0 spiro atoms. The van der Waals surface area contributed by atoms with Gasteiger partial charge in [0.1, 0.15) is 12.2 Å². The standard InChI is InChI=1S/C16H22O3/c1-4-8-14-15(19-16(2,3)18-14)12-17-11-13-9-6-5-7-10-13/h4-10,14-15H,11-12H2,1-3H3/b8-4-/t14-,15+/m1/s1. The Morgan fingerprint density at radius 1 is 1.21 bits per heavy atom. The Bertz CT molecular complexity index is 411. The van der Waals surface area contributed by atoms with E-state index in [1.54, 1.807) is 0 Å². The lowest BCUT2D eigenvalue weighted by molar-refractivity contribution is -0.148. The van der Waals surface area contributed by atoms with Crippen molar-refractivity contribution in [1.29, 1.82) is 0 Å². The maximum Gasteiger partial charge on any atom is 0.164 e. The zero-order chi connectivity index (χ0) is 13.7. The third-order valence-corrected chi connectivity index (χ3v) is 3.00. The van der Waals surface area contributed by atoms with Crippen molar-refractivity contribution in [3.05, 3.63) is 48.0 Å². The van der Waals surface area contributed by atoms with Crippen LogP contribution in [0.1, 0.15) is 26.3 Å². The Labute approximate surface area is 115 Å². The van der Waals surface area contributed by atoms with Crippen molar-refractivity contribution in [3.8, 4) is 0 Å². The molecule has 0 amide bonds. The van der Waals surface area contributed by atoms with E-state index in [0.29, 0.717) is 13.2 Å². The fourth-order valence-corrected chi connectivity index (χ4v) is 2.21. The van der Waals surface area contributed by atoms with Gasteiger partial charge in [0, 0.05) is 0 Å². The number of benzene rings is 1. The van der Waals surface area contributed by atoms with Crippen LogP contribution in [0.4, 0.5) is 0 Å². The molecule has 0 saturated carbocycles. The van der Waals surface area contributed by atoms with Gasteiger partial charge in [-0.25, -0.2) is 0 Å². The second-order valence-corrected chi connectivity index (χ2v) is 5.17. The Balaban J connectivity index is 1.84. The third kappa shape index (κ3) is 4.16. The van der Waals surface area contributed by atoms with Crippen molar-refractivity contribution < 1.29 is 14.2 Å². The van der Waals surface area contributed by atoms with Gasteiger partial charge in [-0.15, -0.1) is 0 Å². The van der Waals surface area contributed by atoms with Gasteiger partial charge >= 0.3 is 0 Å². The summed E-state index contributed by atoms with van der Waals surface area (Å²) in [7, 11) is 0. The molecular weight excluding hydrogens is 240 g/mol. The van der Waals surface area contributed by atoms with E-state index in [0.717, 1.165) is 0 Å². The summed E-state index contributed by atoms with van der Waals surface area (Å²) in [5.74, 6) is -0.537. The van der Waals surface area contributed by atoms with E-state index in [1.165, 1.54) is 5.56 Å². The van der Waals surface area contributed by atoms with Crippen LogP contribution in [0.25, 0.3) is 0 Å². The average molecular weight is 262 g/mol. The zero-order valence-electron chi connectivity index (χ0n) is 11.8. The van der Waals surface area contributed by atoms with Gasteiger partial charge < -0.3 is 14.2 Å². The molecule has 1 aromatic rings. The Morgan fingerprint density at radius 2 is 1.95 bits per heavy atom. The number of rotatable bonds is 5. The molecule has 19 heavy (non-hydrogen) atoms. The van der Waals surface area contributed by atoms with Crippen molar-refractivity contribution in [3.63, 3.8) is 0 Å². The molecule has 0 aliphatic carbocycles. The van der Waals surface area contributed by atoms with Crippen LogP contribution >= 0.6 is 0 Å². The van der Waals surface area contributed by atoms with Crippen LogP contribution in [-0.2, 0) is 20.8 Å². The van der Waals surface area contributed by atoms with Crippen LogP contribution in [0.5, 0.6) is 0 Å². The lowest BCUT2D eigenvalue weighted by atomic mass is 10.2. The minimum Gasteiger partial charge on any atom is -0.374 e. The molecular formula is C16H22O3. The van der Waals surface area contributed by atoms with Crippen molar-refractivity contribution in [1.82, 2.24) is 0 Å². The molecule has 1 heterocycles. The molecule has 2 rings (SSSR count). The lowest BCUT2D eigenvalue weighted by Gasteiger charge is -2.16. The first-order valence-electron chi connectivity index (χ1n) is 6.71. The molecule has 0 N–H and O–H groups in total. The van der Waals surface area contributed by atoms with Crippen LogP contribution in [-0.4, -0.2) is 24.6 Å². The fourth-order valence-electron chi connectivity index (χ4n) is 2.21. The Morgan fingerprint density at radius 3 is 2.63 bits per heavy atom. The maximum atomic E-state index is 5.85. The number of hydrogen-bond acceptors (Lipinski definition) is 3. The van der Waals surface area contributed by atoms with Crippen molar-refractivity contribution in [2.24, 2.45) is 0 Å². The fraction of sp³-hybridized carbons (Fsp3) is 0.500. The van der Waals surface area contributed by atoms with Crippen molar-refractivity contribution >= 4 is 0 Å². The van der Waals surface area contributed by atoms with Gasteiger partial charge in [-0.1, -0.05) is 42.5 Å². The minimum absolute atomic E-state index is 0.0317. The van der Waals surface area contributed by atoms with E-state index in [9.17, 15) is 0 Å². The predicted octanol–water partition coefficient (Wildman–Crippen LogP) is 3.30. The highest BCUT2D eigenvalue weighted by atomic mass is 16.8. The van der Waals surface area contributed by atoms with E-state index < -0.39 is 5.79 Å². The van der Waals surface area contributed by atoms with Gasteiger partial charge in [0.25, 0.3) is 0 Å². The third-order valence-electron chi connectivity index (χ3n) is 3.00. The molecule has 0 unspecified atom stereocenters. The van der Waals surface area contributed by atoms with Crippen molar-refractivity contribution in [2.45, 2.75) is 45.4 Å². The molecule has 1 saturated heterocycles. The quantitative estimate of drug-likeness (QED) is 0.762. The molecule has 1 aromatic carbocycles. The topological polar surface area (TPSA) is 27.7 Å². The van der Waals surface area contributed by atoms with Gasteiger partial charge in [0.2, 0.25) is 0 Å². The number of hydrogen-bond donors (Lipinski definition) is 0. The first-order valence-corrected chi connectivity index (χ1v) is 6.71. The first-order chi connectivity index (χ1) is 9.11. The largest absolute Gasteiger partial charge is 0.374 e. The van der Waals surface area contributed by atoms with Gasteiger partial charge in [-0.2, -0.15) is 0 Å². The van der Waals surface area contributed by atoms with Crippen LogP contribution in [0.2, 0.25) is 0 Å². The van der Waals surface area contributed by atoms with E-state index >= 15 is 0 Å². The summed E-state index contributed by atoms with van der Waals surface area (Å²) in [5.41, 5.74) is 1.17. The van der Waals surface area contributed by atoms with Gasteiger partial charge in [-0.05, 0) is 26.3 Å². The average Bonchev–Trinajstić information content (AvgIpc) is 2.66. The summed E-state index contributed by atoms with van der Waals surface area (Å²) in [6, 6.07) is 10.1. The molecule has 1 fully saturated rings. The normalized spacial score (nSPS) is 26.1. The molecule has 1 aliphatic rings. The second-order valence-electron chi connectivity index (χ2n) is 5.17. The summed E-state index contributed by atoms with van der Waals surface area (Å²) < 4.78 is 17.4. The number of allylic oxidation sites excluding steroid dienone is 1. The molecule has 104 valence electrons. The summed E-state index contributed by atoms with van der Waals surface area (Å²) in [6.07, 6.45) is 3.93. The summed E-state index contributed by atoms with van der Waals surface area (Å²) >= 11 is 0. The highest BCUT2D eigenvalue weighted by Crippen LogP contribution is 2.29. The van der Waals surface area contributed by atoms with Crippen molar-refractivity contribution in [2.75, 3.05) is 6.61 Å². The van der Waals surface area contributed by atoms with E-state index in [2.05, 4.69) is 12.1 Å². The molecule has 3 nitrogen and oxygen atoms in total. The van der Waals surface area contributed by atoms with Gasteiger partial charge in [0.15, 0.2) is 5.79 Å². The molecule has 3 heteroatoms. The van der Waals surface area contributed by atoms with Gasteiger partial charge in [0.05, 0.1) is 13.2 Å². The number of ether oxygens (including phenoxy) is 3. The molecule has 0 radical (unpaired) electrons. The van der Waals surface area contributed by atoms with E-state index in [1.807, 2.05) is 51.1 Å². The van der Waals surface area contributed by atoms with Crippen LogP contribution in [0.15, 0.2) is 42.5 Å². The second kappa shape index (κ2) is 6.33. The Kier molecular flexibility index (Phi) is 4.75. The minimum atomic E-state index is -0.537.